The van der Waals surface area contributed by atoms with Gasteiger partial charge in [0.1, 0.15) is 7.19 Å². The van der Waals surface area contributed by atoms with Crippen LogP contribution in [-0.4, -0.2) is 23.0 Å². The van der Waals surface area contributed by atoms with Crippen LogP contribution in [0.5, 0.6) is 0 Å². The van der Waals surface area contributed by atoms with Gasteiger partial charge in [0.05, 0.1) is 23.3 Å². The van der Waals surface area contributed by atoms with Crippen molar-refractivity contribution in [3.8, 4) is 0 Å². The summed E-state index contributed by atoms with van der Waals surface area (Å²) in [4.78, 5) is 15.7. The van der Waals surface area contributed by atoms with Gasteiger partial charge >= 0.3 is 12.1 Å². The molecule has 1 aliphatic rings. The number of carboxylic acids is 1. The number of alkyl halides is 5. The molecule has 0 aliphatic carbocycles. The van der Waals surface area contributed by atoms with E-state index in [-0.39, 0.29) is 22.4 Å². The Bertz CT molecular complexity index is 1100. The number of benzene rings is 2. The highest BCUT2D eigenvalue weighted by molar-refractivity contribution is 6.30. The molecule has 1 N–H and O–H groups in total. The molecule has 0 radical (unpaired) electrons. The summed E-state index contributed by atoms with van der Waals surface area (Å²) >= 11 is 5.64. The van der Waals surface area contributed by atoms with Crippen molar-refractivity contribution in [1.82, 2.24) is 0 Å². The first-order chi connectivity index (χ1) is 14.2. The van der Waals surface area contributed by atoms with Crippen LogP contribution in [0.3, 0.4) is 0 Å². The highest BCUT2D eigenvalue weighted by Crippen LogP contribution is 2.51. The lowest BCUT2D eigenvalue weighted by Crippen LogP contribution is -2.43. The van der Waals surface area contributed by atoms with Crippen molar-refractivity contribution >= 4 is 23.3 Å². The van der Waals surface area contributed by atoms with Crippen LogP contribution < -0.4 is 0 Å². The molecular weight excluding hydrogens is 440 g/mol. The molecule has 1 atom stereocenters. The Kier molecular flexibility index (Phi) is 5.13. The van der Waals surface area contributed by atoms with Crippen molar-refractivity contribution in [2.45, 2.75) is 31.5 Å². The zero-order valence-corrected chi connectivity index (χ0v) is 15.7. The Labute approximate surface area is 172 Å². The van der Waals surface area contributed by atoms with Gasteiger partial charge in [-0.25, -0.2) is 18.0 Å². The molecule has 4 nitrogen and oxygen atoms in total. The number of aryl methyl sites for hydroxylation is 1. The highest BCUT2D eigenvalue weighted by atomic mass is 35.5. The molecule has 2 aromatic rings. The first-order valence-electron chi connectivity index (χ1n) is 8.71. The molecule has 0 aromatic heterocycles. The molecule has 0 spiro atoms. The zero-order valence-electron chi connectivity index (χ0n) is 16.0. The molecule has 0 saturated heterocycles. The quantitative estimate of drug-likeness (QED) is 0.577. The van der Waals surface area contributed by atoms with Crippen LogP contribution in [0.4, 0.5) is 26.3 Å². The summed E-state index contributed by atoms with van der Waals surface area (Å²) in [5.74, 6) is -3.24. The van der Waals surface area contributed by atoms with E-state index in [0.717, 1.165) is 6.07 Å². The number of rotatable bonds is 4. The summed E-state index contributed by atoms with van der Waals surface area (Å²) in [6.45, 7) is 1.42. The van der Waals surface area contributed by atoms with E-state index in [4.69, 9.17) is 18.1 Å². The van der Waals surface area contributed by atoms with Gasteiger partial charge in [-0.3, -0.25) is 0 Å². The molecule has 0 bridgehead atoms. The Morgan fingerprint density at radius 3 is 2.53 bits per heavy atom. The van der Waals surface area contributed by atoms with Gasteiger partial charge in [0.25, 0.3) is 12.0 Å². The molecule has 1 unspecified atom stereocenters. The van der Waals surface area contributed by atoms with Crippen molar-refractivity contribution in [3.05, 3.63) is 69.0 Å². The van der Waals surface area contributed by atoms with Gasteiger partial charge < -0.3 is 9.94 Å². The lowest BCUT2D eigenvalue weighted by atomic mass is 9.85. The molecular formula is C19H12ClF6NO3. The monoisotopic (exact) mass is 453 g/mol. The van der Waals surface area contributed by atoms with Crippen molar-refractivity contribution in [2.24, 2.45) is 5.16 Å². The van der Waals surface area contributed by atoms with E-state index in [0.29, 0.717) is 12.1 Å². The summed E-state index contributed by atoms with van der Waals surface area (Å²) < 4.78 is 90.5. The van der Waals surface area contributed by atoms with Crippen LogP contribution >= 0.6 is 11.6 Å². The number of hydrogen-bond acceptors (Lipinski definition) is 3. The minimum Gasteiger partial charge on any atom is -0.478 e. The predicted octanol–water partition coefficient (Wildman–Crippen LogP) is 6.01. The van der Waals surface area contributed by atoms with E-state index >= 15 is 0 Å². The van der Waals surface area contributed by atoms with Crippen LogP contribution in [0.1, 0.15) is 46.8 Å². The third-order valence-corrected chi connectivity index (χ3v) is 4.87. The van der Waals surface area contributed by atoms with Crippen LogP contribution in [0.25, 0.3) is 0 Å². The van der Waals surface area contributed by atoms with Gasteiger partial charge in [-0.1, -0.05) is 22.8 Å². The highest BCUT2D eigenvalue weighted by Gasteiger charge is 2.63. The minimum absolute atomic E-state index is 0.0714. The number of oxime groups is 1. The second kappa shape index (κ2) is 7.50. The molecule has 0 fully saturated rings. The first-order valence-corrected chi connectivity index (χ1v) is 8.59. The summed E-state index contributed by atoms with van der Waals surface area (Å²) in [6, 6.07) is 4.47. The van der Waals surface area contributed by atoms with Gasteiger partial charge in [-0.05, 0) is 42.3 Å². The van der Waals surface area contributed by atoms with E-state index in [1.165, 1.54) is 19.1 Å². The molecule has 1 heterocycles. The summed E-state index contributed by atoms with van der Waals surface area (Å²) in [7, 11) is 0. The normalized spacial score (nSPS) is 19.9. The molecule has 3 rings (SSSR count). The van der Waals surface area contributed by atoms with Crippen LogP contribution in [-0.2, 0) is 10.4 Å². The van der Waals surface area contributed by atoms with Gasteiger partial charge in [-0.2, -0.15) is 13.2 Å². The second-order valence-electron chi connectivity index (χ2n) is 6.54. The number of nitrogens with zero attached hydrogens (tertiary/aromatic N) is 1. The van der Waals surface area contributed by atoms with Crippen molar-refractivity contribution in [2.75, 3.05) is 0 Å². The number of carbonyl (C=O) groups is 1. The predicted molar refractivity (Wildman–Crippen MR) is 94.5 cm³/mol. The SMILES string of the molecule is [3H]C(F)(F)c1cc(Cl)cc(C2(C(F)(F)F)CC(c3ccc(C(=O)O)c(C)c3)=NO2)c1F. The Hall–Kier alpha value is -2.75. The third-order valence-electron chi connectivity index (χ3n) is 4.65. The fourth-order valence-electron chi connectivity index (χ4n) is 3.14. The van der Waals surface area contributed by atoms with Gasteiger partial charge in [0.2, 0.25) is 0 Å². The molecule has 1 aliphatic heterocycles. The number of halogens is 7. The second-order valence-corrected chi connectivity index (χ2v) is 6.98. The van der Waals surface area contributed by atoms with Gasteiger partial charge in [0.15, 0.2) is 0 Å². The lowest BCUT2D eigenvalue weighted by molar-refractivity contribution is -0.276. The van der Waals surface area contributed by atoms with Crippen LogP contribution in [0, 0.1) is 12.7 Å². The topological polar surface area (TPSA) is 58.9 Å². The van der Waals surface area contributed by atoms with Crippen LogP contribution in [0.15, 0.2) is 35.5 Å². The molecule has 30 heavy (non-hydrogen) atoms. The Morgan fingerprint density at radius 1 is 1.33 bits per heavy atom. The number of aromatic carboxylic acids is 1. The standard InChI is InChI=1S/C19H12ClF6NO3/c1-8-4-9(2-3-11(8)17(28)29)14-7-18(30-27-14,19(24,25)26)13-6-10(20)5-12(15(13)21)16(22)23/h2-6,16H,7H2,1H3,(H,28,29)/i16T. The zero-order chi connectivity index (χ0) is 23.4. The smallest absolute Gasteiger partial charge is 0.435 e. The van der Waals surface area contributed by atoms with E-state index < -0.39 is 52.5 Å². The van der Waals surface area contributed by atoms with Crippen molar-refractivity contribution in [3.63, 3.8) is 0 Å². The maximum absolute atomic E-state index is 14.8. The molecule has 160 valence electrons. The maximum atomic E-state index is 14.8. The van der Waals surface area contributed by atoms with E-state index in [1.807, 2.05) is 0 Å². The van der Waals surface area contributed by atoms with E-state index in [2.05, 4.69) is 9.99 Å². The van der Waals surface area contributed by atoms with Crippen molar-refractivity contribution < 1.29 is 42.5 Å². The Morgan fingerprint density at radius 2 is 2.00 bits per heavy atom. The maximum Gasteiger partial charge on any atom is 0.435 e. The Balaban J connectivity index is 2.12. The van der Waals surface area contributed by atoms with Crippen LogP contribution in [0.2, 0.25) is 5.02 Å². The molecule has 0 amide bonds. The van der Waals surface area contributed by atoms with E-state index in [1.54, 1.807) is 0 Å². The number of hydrogen-bond donors (Lipinski definition) is 1. The largest absolute Gasteiger partial charge is 0.478 e. The summed E-state index contributed by atoms with van der Waals surface area (Å²) in [5.41, 5.74) is -6.56. The van der Waals surface area contributed by atoms with Gasteiger partial charge in [0, 0.05) is 10.6 Å². The molecule has 2 aromatic carbocycles. The minimum atomic E-state index is -5.31. The summed E-state index contributed by atoms with van der Waals surface area (Å²) in [6.07, 6.45) is -11.0. The first kappa shape index (κ1) is 20.5. The van der Waals surface area contributed by atoms with Crippen molar-refractivity contribution in [1.29, 1.82) is 0 Å². The fraction of sp³-hybridized carbons (Fsp3) is 0.263. The molecule has 0 saturated carbocycles. The average Bonchev–Trinajstić information content (AvgIpc) is 3.08. The number of carboxylic acid groups (broad SMARTS) is 1. The third kappa shape index (κ3) is 3.60. The fourth-order valence-corrected chi connectivity index (χ4v) is 3.36. The molecule has 11 heteroatoms. The average molecular weight is 454 g/mol. The lowest BCUT2D eigenvalue weighted by Gasteiger charge is -2.30. The summed E-state index contributed by atoms with van der Waals surface area (Å²) in [5, 5.41) is 11.8. The van der Waals surface area contributed by atoms with Gasteiger partial charge in [-0.15, -0.1) is 0 Å². The van der Waals surface area contributed by atoms with E-state index in [9.17, 15) is 31.1 Å².